The Bertz CT molecular complexity index is 411. The zero-order valence-corrected chi connectivity index (χ0v) is 9.80. The molecular weight excluding hydrogens is 224 g/mol. The predicted molar refractivity (Wildman–Crippen MR) is 61.2 cm³/mol. The first-order valence-electron chi connectivity index (χ1n) is 5.28. The van der Waals surface area contributed by atoms with Crippen LogP contribution in [0.1, 0.15) is 19.4 Å². The Hall–Kier alpha value is -1.75. The van der Waals surface area contributed by atoms with E-state index in [0.29, 0.717) is 12.2 Å². The molecule has 1 rings (SSSR count). The van der Waals surface area contributed by atoms with Gasteiger partial charge in [0.25, 0.3) is 0 Å². The fraction of sp³-hybridized carbons (Fsp3) is 0.417. The highest BCUT2D eigenvalue weighted by Crippen LogP contribution is 2.32. The van der Waals surface area contributed by atoms with Crippen LogP contribution in [0.5, 0.6) is 11.5 Å². The number of hydrogen-bond acceptors (Lipinski definition) is 4. The number of aliphatic hydroxyl groups is 1. The van der Waals surface area contributed by atoms with Crippen molar-refractivity contribution in [2.45, 2.75) is 25.9 Å². The molecule has 0 radical (unpaired) electrons. The Morgan fingerprint density at radius 2 is 2.12 bits per heavy atom. The summed E-state index contributed by atoms with van der Waals surface area (Å²) in [6.45, 7) is 3.36. The number of benzene rings is 1. The van der Waals surface area contributed by atoms with Crippen molar-refractivity contribution in [2.24, 2.45) is 0 Å². The number of para-hydroxylation sites is 1. The van der Waals surface area contributed by atoms with Crippen LogP contribution in [0.15, 0.2) is 18.2 Å². The maximum Gasteiger partial charge on any atom is 0.335 e. The Labute approximate surface area is 99.3 Å². The molecule has 0 fully saturated rings. The summed E-state index contributed by atoms with van der Waals surface area (Å²) in [6.07, 6.45) is -0.185. The van der Waals surface area contributed by atoms with Crippen molar-refractivity contribution >= 4 is 5.97 Å². The number of ether oxygens (including phenoxy) is 1. The van der Waals surface area contributed by atoms with E-state index in [1.54, 1.807) is 25.1 Å². The van der Waals surface area contributed by atoms with Crippen LogP contribution in [0.4, 0.5) is 0 Å². The van der Waals surface area contributed by atoms with Crippen LogP contribution < -0.4 is 4.74 Å². The van der Waals surface area contributed by atoms with Crippen LogP contribution >= 0.6 is 0 Å². The third-order valence-electron chi connectivity index (χ3n) is 2.38. The lowest BCUT2D eigenvalue weighted by Crippen LogP contribution is -2.37. The average Bonchev–Trinajstić information content (AvgIpc) is 2.24. The first kappa shape index (κ1) is 13.3. The highest BCUT2D eigenvalue weighted by molar-refractivity contribution is 5.77. The monoisotopic (exact) mass is 240 g/mol. The SMILES string of the molecule is CCOc1cccc(CC(C)(O)C(=O)O)c1O. The molecule has 0 aliphatic rings. The zero-order valence-electron chi connectivity index (χ0n) is 9.80. The van der Waals surface area contributed by atoms with Crippen LogP contribution in [0.2, 0.25) is 0 Å². The molecule has 0 aromatic heterocycles. The summed E-state index contributed by atoms with van der Waals surface area (Å²) in [6, 6.07) is 4.77. The number of carboxylic acid groups (broad SMARTS) is 1. The fourth-order valence-corrected chi connectivity index (χ4v) is 1.43. The maximum absolute atomic E-state index is 10.8. The van der Waals surface area contributed by atoms with E-state index in [0.717, 1.165) is 0 Å². The molecule has 3 N–H and O–H groups in total. The molecule has 17 heavy (non-hydrogen) atoms. The normalized spacial score (nSPS) is 14.1. The van der Waals surface area contributed by atoms with Gasteiger partial charge in [0.15, 0.2) is 17.1 Å². The van der Waals surface area contributed by atoms with Gasteiger partial charge >= 0.3 is 5.97 Å². The van der Waals surface area contributed by atoms with Gasteiger partial charge in [-0.25, -0.2) is 4.79 Å². The standard InChI is InChI=1S/C12H16O5/c1-3-17-9-6-4-5-8(10(9)13)7-12(2,16)11(14)15/h4-6,13,16H,3,7H2,1-2H3,(H,14,15). The van der Waals surface area contributed by atoms with E-state index >= 15 is 0 Å². The van der Waals surface area contributed by atoms with Crippen molar-refractivity contribution in [1.29, 1.82) is 0 Å². The van der Waals surface area contributed by atoms with Crippen LogP contribution in [-0.4, -0.2) is 33.5 Å². The molecule has 0 amide bonds. The second-order valence-corrected chi connectivity index (χ2v) is 3.95. The summed E-state index contributed by atoms with van der Waals surface area (Å²) in [5.74, 6) is -1.18. The lowest BCUT2D eigenvalue weighted by molar-refractivity contribution is -0.156. The van der Waals surface area contributed by atoms with E-state index in [9.17, 15) is 15.0 Å². The third kappa shape index (κ3) is 3.10. The van der Waals surface area contributed by atoms with Crippen molar-refractivity contribution in [1.82, 2.24) is 0 Å². The topological polar surface area (TPSA) is 87.0 Å². The number of hydrogen-bond donors (Lipinski definition) is 3. The van der Waals surface area contributed by atoms with Crippen molar-refractivity contribution in [3.8, 4) is 11.5 Å². The molecule has 94 valence electrons. The molecule has 0 saturated heterocycles. The van der Waals surface area contributed by atoms with Gasteiger partial charge in [0, 0.05) is 12.0 Å². The first-order chi connectivity index (χ1) is 7.88. The Balaban J connectivity index is 2.99. The molecule has 1 aromatic rings. The van der Waals surface area contributed by atoms with Crippen LogP contribution in [0, 0.1) is 0 Å². The first-order valence-corrected chi connectivity index (χ1v) is 5.28. The van der Waals surface area contributed by atoms with Crippen LogP contribution in [0.25, 0.3) is 0 Å². The Morgan fingerprint density at radius 3 is 2.65 bits per heavy atom. The van der Waals surface area contributed by atoms with Crippen molar-refractivity contribution < 1.29 is 24.9 Å². The fourth-order valence-electron chi connectivity index (χ4n) is 1.43. The summed E-state index contributed by atoms with van der Waals surface area (Å²) >= 11 is 0. The molecule has 0 bridgehead atoms. The van der Waals surface area contributed by atoms with E-state index in [1.165, 1.54) is 6.92 Å². The molecule has 1 unspecified atom stereocenters. The number of phenols is 1. The summed E-state index contributed by atoms with van der Waals surface area (Å²) in [5, 5.41) is 28.3. The van der Waals surface area contributed by atoms with E-state index in [4.69, 9.17) is 9.84 Å². The zero-order chi connectivity index (χ0) is 13.1. The molecule has 0 spiro atoms. The molecule has 0 saturated carbocycles. The summed E-state index contributed by atoms with van der Waals surface area (Å²) in [4.78, 5) is 10.8. The predicted octanol–water partition coefficient (Wildman–Crippen LogP) is 1.17. The second kappa shape index (κ2) is 5.05. The lowest BCUT2D eigenvalue weighted by Gasteiger charge is -2.19. The Kier molecular flexibility index (Phi) is 3.96. The maximum atomic E-state index is 10.8. The van der Waals surface area contributed by atoms with Crippen molar-refractivity contribution in [3.63, 3.8) is 0 Å². The van der Waals surface area contributed by atoms with Gasteiger partial charge in [0.2, 0.25) is 0 Å². The molecule has 0 aliphatic carbocycles. The molecule has 5 heteroatoms. The van der Waals surface area contributed by atoms with Gasteiger partial charge in [0.1, 0.15) is 0 Å². The average molecular weight is 240 g/mol. The molecular formula is C12H16O5. The number of aliphatic carboxylic acids is 1. The van der Waals surface area contributed by atoms with Crippen LogP contribution in [0.3, 0.4) is 0 Å². The molecule has 5 nitrogen and oxygen atoms in total. The van der Waals surface area contributed by atoms with Gasteiger partial charge in [-0.1, -0.05) is 12.1 Å². The van der Waals surface area contributed by atoms with Gasteiger partial charge in [-0.15, -0.1) is 0 Å². The largest absolute Gasteiger partial charge is 0.504 e. The van der Waals surface area contributed by atoms with E-state index in [1.807, 2.05) is 0 Å². The summed E-state index contributed by atoms with van der Waals surface area (Å²) in [5.41, 5.74) is -1.58. The number of phenolic OH excluding ortho intramolecular Hbond substituents is 1. The van der Waals surface area contributed by atoms with Gasteiger partial charge in [0.05, 0.1) is 6.61 Å². The highest BCUT2D eigenvalue weighted by atomic mass is 16.5. The highest BCUT2D eigenvalue weighted by Gasteiger charge is 2.31. The molecule has 1 aromatic carbocycles. The summed E-state index contributed by atoms with van der Waals surface area (Å²) < 4.78 is 5.17. The minimum atomic E-state index is -1.91. The number of rotatable bonds is 5. The lowest BCUT2D eigenvalue weighted by atomic mass is 9.96. The van der Waals surface area contributed by atoms with Gasteiger partial charge < -0.3 is 20.1 Å². The number of carbonyl (C=O) groups is 1. The van der Waals surface area contributed by atoms with Crippen LogP contribution in [-0.2, 0) is 11.2 Å². The van der Waals surface area contributed by atoms with Gasteiger partial charge in [-0.2, -0.15) is 0 Å². The van der Waals surface area contributed by atoms with Crippen molar-refractivity contribution in [3.05, 3.63) is 23.8 Å². The summed E-state index contributed by atoms with van der Waals surface area (Å²) in [7, 11) is 0. The second-order valence-electron chi connectivity index (χ2n) is 3.95. The quantitative estimate of drug-likeness (QED) is 0.719. The molecule has 1 atom stereocenters. The van der Waals surface area contributed by atoms with E-state index in [-0.39, 0.29) is 17.9 Å². The minimum absolute atomic E-state index is 0.129. The van der Waals surface area contributed by atoms with E-state index < -0.39 is 11.6 Å². The minimum Gasteiger partial charge on any atom is -0.504 e. The third-order valence-corrected chi connectivity index (χ3v) is 2.38. The van der Waals surface area contributed by atoms with E-state index in [2.05, 4.69) is 0 Å². The number of carboxylic acids is 1. The Morgan fingerprint density at radius 1 is 1.47 bits per heavy atom. The van der Waals surface area contributed by atoms with Crippen molar-refractivity contribution in [2.75, 3.05) is 6.61 Å². The van der Waals surface area contributed by atoms with Gasteiger partial charge in [-0.3, -0.25) is 0 Å². The number of aromatic hydroxyl groups is 1. The van der Waals surface area contributed by atoms with Gasteiger partial charge in [-0.05, 0) is 19.9 Å². The smallest absolute Gasteiger partial charge is 0.335 e. The molecule has 0 heterocycles. The molecule has 0 aliphatic heterocycles.